The summed E-state index contributed by atoms with van der Waals surface area (Å²) in [4.78, 5) is 4.92. The predicted molar refractivity (Wildman–Crippen MR) is 101 cm³/mol. The van der Waals surface area contributed by atoms with Gasteiger partial charge in [0.05, 0.1) is 17.9 Å². The molecule has 0 radical (unpaired) electrons. The Balaban J connectivity index is 1.70. The van der Waals surface area contributed by atoms with Crippen LogP contribution in [0.15, 0.2) is 53.5 Å². The molecule has 0 saturated carbocycles. The first-order valence-electron chi connectivity index (χ1n) is 8.34. The molecule has 2 aromatic rings. The first-order chi connectivity index (χ1) is 11.7. The third-order valence-electron chi connectivity index (χ3n) is 4.98. The van der Waals surface area contributed by atoms with Crippen molar-refractivity contribution in [2.75, 3.05) is 17.2 Å². The maximum absolute atomic E-state index is 6.09. The van der Waals surface area contributed by atoms with Crippen molar-refractivity contribution in [1.29, 1.82) is 0 Å². The minimum atomic E-state index is -0.188. The Kier molecular flexibility index (Phi) is 3.94. The van der Waals surface area contributed by atoms with Crippen LogP contribution in [0.5, 0.6) is 0 Å². The summed E-state index contributed by atoms with van der Waals surface area (Å²) in [5, 5.41) is 11.6. The van der Waals surface area contributed by atoms with Gasteiger partial charge in [-0.25, -0.2) is 0 Å². The van der Waals surface area contributed by atoms with Gasteiger partial charge in [-0.1, -0.05) is 35.9 Å². The van der Waals surface area contributed by atoms with Gasteiger partial charge in [0.1, 0.15) is 11.4 Å². The van der Waals surface area contributed by atoms with Gasteiger partial charge in [-0.2, -0.15) is 0 Å². The van der Waals surface area contributed by atoms with E-state index < -0.39 is 0 Å². The minimum absolute atomic E-state index is 0.188. The Hall–Kier alpha value is -2.04. The van der Waals surface area contributed by atoms with Gasteiger partial charge in [-0.3, -0.25) is 4.99 Å². The zero-order valence-corrected chi connectivity index (χ0v) is 14.4. The number of rotatable bonds is 2. The fraction of sp³-hybridized carbons (Fsp3) is 0.316. The first kappa shape index (κ1) is 15.5. The normalized spacial score (nSPS) is 26.9. The smallest absolute Gasteiger partial charge is 0.129 e. The summed E-state index contributed by atoms with van der Waals surface area (Å²) in [6, 6.07) is 16.5. The maximum Gasteiger partial charge on any atom is 0.129 e. The van der Waals surface area contributed by atoms with E-state index in [2.05, 4.69) is 47.1 Å². The van der Waals surface area contributed by atoms with Gasteiger partial charge in [-0.05, 0) is 49.7 Å². The van der Waals surface area contributed by atoms with Crippen molar-refractivity contribution in [2.24, 2.45) is 4.99 Å². The molecule has 3 N–H and O–H groups in total. The minimum Gasteiger partial charge on any atom is -0.370 e. The second-order valence-electron chi connectivity index (χ2n) is 6.49. The van der Waals surface area contributed by atoms with Crippen LogP contribution < -0.4 is 16.0 Å². The number of aliphatic imine (C=N–C) groups is 1. The SMILES string of the molecule is CC1NCCC12Nc1ccccc1NC2=NCc1cccc(Cl)c1. The van der Waals surface area contributed by atoms with Crippen molar-refractivity contribution in [3.63, 3.8) is 0 Å². The number of hydrogen-bond acceptors (Lipinski definition) is 3. The van der Waals surface area contributed by atoms with Crippen molar-refractivity contribution in [3.05, 3.63) is 59.1 Å². The third kappa shape index (κ3) is 2.66. The van der Waals surface area contributed by atoms with Gasteiger partial charge in [0.15, 0.2) is 0 Å². The molecule has 2 unspecified atom stereocenters. The van der Waals surface area contributed by atoms with E-state index in [-0.39, 0.29) is 5.54 Å². The van der Waals surface area contributed by atoms with Crippen LogP contribution in [0.1, 0.15) is 18.9 Å². The fourth-order valence-electron chi connectivity index (χ4n) is 3.60. The zero-order valence-electron chi connectivity index (χ0n) is 13.6. The van der Waals surface area contributed by atoms with Crippen LogP contribution in [0, 0.1) is 0 Å². The number of para-hydroxylation sites is 2. The zero-order chi connectivity index (χ0) is 16.6. The van der Waals surface area contributed by atoms with E-state index in [1.165, 1.54) is 0 Å². The molecule has 2 aliphatic heterocycles. The van der Waals surface area contributed by atoms with Crippen LogP contribution >= 0.6 is 11.6 Å². The van der Waals surface area contributed by atoms with Crippen LogP contribution in [0.3, 0.4) is 0 Å². The highest BCUT2D eigenvalue weighted by atomic mass is 35.5. The highest BCUT2D eigenvalue weighted by Gasteiger charge is 2.47. The van der Waals surface area contributed by atoms with Gasteiger partial charge in [0.2, 0.25) is 0 Å². The van der Waals surface area contributed by atoms with E-state index in [0.717, 1.165) is 40.8 Å². The summed E-state index contributed by atoms with van der Waals surface area (Å²) in [6.07, 6.45) is 1.00. The van der Waals surface area contributed by atoms with E-state index in [4.69, 9.17) is 16.6 Å². The standard InChI is InChI=1S/C19H21ClN4/c1-13-19(9-10-21-13)18(22-12-14-5-4-6-15(20)11-14)23-16-7-2-3-8-17(16)24-19/h2-8,11,13,21,24H,9-10,12H2,1H3,(H,22,23). The second-order valence-corrected chi connectivity index (χ2v) is 6.92. The van der Waals surface area contributed by atoms with E-state index in [0.29, 0.717) is 12.6 Å². The number of nitrogens with one attached hydrogen (secondary N) is 3. The summed E-state index contributed by atoms with van der Waals surface area (Å²) in [5.74, 6) is 0.999. The lowest BCUT2D eigenvalue weighted by molar-refractivity contribution is 0.536. The number of anilines is 2. The summed E-state index contributed by atoms with van der Waals surface area (Å²) >= 11 is 6.09. The number of halogens is 1. The molecule has 4 rings (SSSR count). The number of nitrogens with zero attached hydrogens (tertiary/aromatic N) is 1. The average Bonchev–Trinajstić information content (AvgIpc) is 2.94. The molecule has 2 aromatic carbocycles. The van der Waals surface area contributed by atoms with Crippen molar-refractivity contribution >= 4 is 28.8 Å². The average molecular weight is 341 g/mol. The van der Waals surface area contributed by atoms with E-state index >= 15 is 0 Å². The molecule has 0 bridgehead atoms. The Morgan fingerprint density at radius 2 is 2.00 bits per heavy atom. The monoisotopic (exact) mass is 340 g/mol. The van der Waals surface area contributed by atoms with E-state index in [1.54, 1.807) is 0 Å². The van der Waals surface area contributed by atoms with Crippen LogP contribution in [0.25, 0.3) is 0 Å². The highest BCUT2D eigenvalue weighted by Crippen LogP contribution is 2.37. The summed E-state index contributed by atoms with van der Waals surface area (Å²) in [6.45, 7) is 3.81. The maximum atomic E-state index is 6.09. The lowest BCUT2D eigenvalue weighted by atomic mass is 9.87. The summed E-state index contributed by atoms with van der Waals surface area (Å²) < 4.78 is 0. The van der Waals surface area contributed by atoms with Gasteiger partial charge < -0.3 is 16.0 Å². The third-order valence-corrected chi connectivity index (χ3v) is 5.21. The molecule has 4 nitrogen and oxygen atoms in total. The van der Waals surface area contributed by atoms with Crippen LogP contribution in [-0.4, -0.2) is 24.0 Å². The molecule has 124 valence electrons. The predicted octanol–water partition coefficient (Wildman–Crippen LogP) is 3.90. The van der Waals surface area contributed by atoms with Gasteiger partial charge in [0.25, 0.3) is 0 Å². The molecule has 0 amide bonds. The Labute approximate surface area is 147 Å². The molecular weight excluding hydrogens is 320 g/mol. The first-order valence-corrected chi connectivity index (χ1v) is 8.72. The molecule has 0 aliphatic carbocycles. The van der Waals surface area contributed by atoms with Crippen LogP contribution in [0.2, 0.25) is 5.02 Å². The topological polar surface area (TPSA) is 48.4 Å². The largest absolute Gasteiger partial charge is 0.370 e. The summed E-state index contributed by atoms with van der Waals surface area (Å²) in [7, 11) is 0. The lowest BCUT2D eigenvalue weighted by Crippen LogP contribution is -2.58. The fourth-order valence-corrected chi connectivity index (χ4v) is 3.81. The molecule has 2 aliphatic rings. The molecular formula is C19H21ClN4. The Morgan fingerprint density at radius 1 is 1.17 bits per heavy atom. The van der Waals surface area contributed by atoms with Gasteiger partial charge in [-0.15, -0.1) is 0 Å². The molecule has 5 heteroatoms. The van der Waals surface area contributed by atoms with Crippen LogP contribution in [-0.2, 0) is 6.54 Å². The molecule has 1 fully saturated rings. The molecule has 0 aromatic heterocycles. The van der Waals surface area contributed by atoms with Crippen molar-refractivity contribution in [1.82, 2.24) is 5.32 Å². The molecule has 1 spiro atoms. The van der Waals surface area contributed by atoms with Crippen molar-refractivity contribution in [3.8, 4) is 0 Å². The number of amidine groups is 1. The van der Waals surface area contributed by atoms with E-state index in [9.17, 15) is 0 Å². The molecule has 2 atom stereocenters. The van der Waals surface area contributed by atoms with Gasteiger partial charge >= 0.3 is 0 Å². The summed E-state index contributed by atoms with van der Waals surface area (Å²) in [5.41, 5.74) is 3.14. The quantitative estimate of drug-likeness (QED) is 0.777. The number of fused-ring (bicyclic) bond motifs is 1. The van der Waals surface area contributed by atoms with Gasteiger partial charge in [0, 0.05) is 11.1 Å². The molecule has 24 heavy (non-hydrogen) atoms. The lowest BCUT2D eigenvalue weighted by Gasteiger charge is -2.41. The Morgan fingerprint density at radius 3 is 2.75 bits per heavy atom. The molecule has 2 heterocycles. The van der Waals surface area contributed by atoms with Crippen molar-refractivity contribution in [2.45, 2.75) is 31.5 Å². The van der Waals surface area contributed by atoms with Crippen LogP contribution in [0.4, 0.5) is 11.4 Å². The number of benzene rings is 2. The highest BCUT2D eigenvalue weighted by molar-refractivity contribution is 6.30. The molecule has 1 saturated heterocycles. The van der Waals surface area contributed by atoms with Crippen molar-refractivity contribution < 1.29 is 0 Å². The second kappa shape index (κ2) is 6.11. The number of hydrogen-bond donors (Lipinski definition) is 3. The Bertz CT molecular complexity index is 788. The van der Waals surface area contributed by atoms with E-state index in [1.807, 2.05) is 24.3 Å².